The van der Waals surface area contributed by atoms with Gasteiger partial charge in [0.1, 0.15) is 12.0 Å². The Morgan fingerprint density at radius 1 is 1.33 bits per heavy atom. The van der Waals surface area contributed by atoms with Crippen LogP contribution in [0.3, 0.4) is 0 Å². The second kappa shape index (κ2) is 7.44. The van der Waals surface area contributed by atoms with E-state index in [9.17, 15) is 4.79 Å². The van der Waals surface area contributed by atoms with Crippen molar-refractivity contribution in [1.82, 2.24) is 5.32 Å². The smallest absolute Gasteiger partial charge is 0.254 e. The molecule has 104 valence electrons. The Balaban J connectivity index is 0.00000289. The Labute approximate surface area is 115 Å². The highest BCUT2D eigenvalue weighted by Gasteiger charge is 2.26. The molecule has 4 nitrogen and oxygen atoms in total. The molecule has 0 radical (unpaired) electrons. The lowest BCUT2D eigenvalue weighted by atomic mass is 9.89. The molecule has 0 atom stereocenters. The molecule has 0 saturated carbocycles. The van der Waals surface area contributed by atoms with E-state index in [4.69, 9.17) is 10.2 Å². The molecule has 0 spiro atoms. The average molecular weight is 275 g/mol. The van der Waals surface area contributed by atoms with Crippen molar-refractivity contribution in [2.75, 3.05) is 0 Å². The van der Waals surface area contributed by atoms with Crippen LogP contribution in [0.4, 0.5) is 0 Å². The van der Waals surface area contributed by atoms with Gasteiger partial charge in [0.15, 0.2) is 0 Å². The SMILES string of the molecule is CCC(CC)(CC)NC(=O)c1coc(CN)c1.Cl. The van der Waals surface area contributed by atoms with E-state index in [-0.39, 0.29) is 23.9 Å². The lowest BCUT2D eigenvalue weighted by molar-refractivity contribution is 0.0887. The molecule has 0 aliphatic rings. The molecule has 0 aromatic carbocycles. The number of hydrogen-bond acceptors (Lipinski definition) is 3. The molecule has 0 aliphatic heterocycles. The van der Waals surface area contributed by atoms with Crippen LogP contribution in [0.2, 0.25) is 0 Å². The van der Waals surface area contributed by atoms with Crippen LogP contribution in [0.25, 0.3) is 0 Å². The van der Waals surface area contributed by atoms with E-state index >= 15 is 0 Å². The largest absolute Gasteiger partial charge is 0.467 e. The van der Waals surface area contributed by atoms with Crippen molar-refractivity contribution in [3.8, 4) is 0 Å². The zero-order chi connectivity index (χ0) is 12.9. The maximum atomic E-state index is 12.1. The first-order valence-electron chi connectivity index (χ1n) is 6.20. The Kier molecular flexibility index (Phi) is 7.02. The predicted molar refractivity (Wildman–Crippen MR) is 74.9 cm³/mol. The number of rotatable bonds is 6. The van der Waals surface area contributed by atoms with Crippen LogP contribution in [0.15, 0.2) is 16.7 Å². The lowest BCUT2D eigenvalue weighted by Gasteiger charge is -2.31. The van der Waals surface area contributed by atoms with Crippen LogP contribution < -0.4 is 11.1 Å². The first kappa shape index (κ1) is 17.0. The number of furan rings is 1. The second-order valence-corrected chi connectivity index (χ2v) is 4.30. The number of halogens is 1. The van der Waals surface area contributed by atoms with E-state index in [0.717, 1.165) is 19.3 Å². The fourth-order valence-corrected chi connectivity index (χ4v) is 1.93. The monoisotopic (exact) mass is 274 g/mol. The summed E-state index contributed by atoms with van der Waals surface area (Å²) in [6.07, 6.45) is 4.23. The van der Waals surface area contributed by atoms with Crippen molar-refractivity contribution in [2.45, 2.75) is 52.1 Å². The highest BCUT2D eigenvalue weighted by atomic mass is 35.5. The second-order valence-electron chi connectivity index (χ2n) is 4.30. The molecule has 3 N–H and O–H groups in total. The Morgan fingerprint density at radius 2 is 1.89 bits per heavy atom. The molecular weight excluding hydrogens is 252 g/mol. The molecule has 5 heteroatoms. The fourth-order valence-electron chi connectivity index (χ4n) is 1.93. The number of nitrogens with two attached hydrogens (primary N) is 1. The summed E-state index contributed by atoms with van der Waals surface area (Å²) in [7, 11) is 0. The van der Waals surface area contributed by atoms with Crippen molar-refractivity contribution in [2.24, 2.45) is 5.73 Å². The van der Waals surface area contributed by atoms with Crippen molar-refractivity contribution in [1.29, 1.82) is 0 Å². The molecule has 0 aliphatic carbocycles. The molecule has 1 heterocycles. The number of hydrogen-bond donors (Lipinski definition) is 2. The average Bonchev–Trinajstić information content (AvgIpc) is 2.85. The Hall–Kier alpha value is -1.00. The van der Waals surface area contributed by atoms with Gasteiger partial charge in [0.2, 0.25) is 0 Å². The maximum absolute atomic E-state index is 12.1. The van der Waals surface area contributed by atoms with Crippen molar-refractivity contribution in [3.05, 3.63) is 23.7 Å². The summed E-state index contributed by atoms with van der Waals surface area (Å²) in [5.74, 6) is 0.546. The van der Waals surface area contributed by atoms with Gasteiger partial charge in [-0.15, -0.1) is 12.4 Å². The standard InChI is InChI=1S/C13H22N2O2.ClH/c1-4-13(5-2,6-3)15-12(16)10-7-11(8-14)17-9-10;/h7,9H,4-6,8,14H2,1-3H3,(H,15,16);1H. The fraction of sp³-hybridized carbons (Fsp3) is 0.615. The maximum Gasteiger partial charge on any atom is 0.254 e. The molecule has 1 amide bonds. The van der Waals surface area contributed by atoms with Gasteiger partial charge in [-0.1, -0.05) is 20.8 Å². The van der Waals surface area contributed by atoms with Crippen molar-refractivity contribution in [3.63, 3.8) is 0 Å². The Bertz CT molecular complexity index is 365. The van der Waals surface area contributed by atoms with Gasteiger partial charge in [-0.25, -0.2) is 0 Å². The summed E-state index contributed by atoms with van der Waals surface area (Å²) in [6, 6.07) is 1.70. The van der Waals surface area contributed by atoms with Crippen molar-refractivity contribution < 1.29 is 9.21 Å². The molecule has 1 aromatic rings. The highest BCUT2D eigenvalue weighted by molar-refractivity contribution is 5.94. The molecule has 0 saturated heterocycles. The number of carbonyl (C=O) groups excluding carboxylic acids is 1. The van der Waals surface area contributed by atoms with Gasteiger partial charge in [-0.2, -0.15) is 0 Å². The van der Waals surface area contributed by atoms with Gasteiger partial charge >= 0.3 is 0 Å². The highest BCUT2D eigenvalue weighted by Crippen LogP contribution is 2.20. The van der Waals surface area contributed by atoms with Gasteiger partial charge in [0.25, 0.3) is 5.91 Å². The number of amides is 1. The van der Waals surface area contributed by atoms with Crippen LogP contribution in [-0.4, -0.2) is 11.4 Å². The van der Waals surface area contributed by atoms with Gasteiger partial charge in [0.05, 0.1) is 12.1 Å². The van der Waals surface area contributed by atoms with E-state index in [1.165, 1.54) is 6.26 Å². The summed E-state index contributed by atoms with van der Waals surface area (Å²) < 4.78 is 5.16. The molecular formula is C13H23ClN2O2. The molecule has 18 heavy (non-hydrogen) atoms. The molecule has 0 bridgehead atoms. The van der Waals surface area contributed by atoms with Crippen LogP contribution in [0.1, 0.15) is 56.2 Å². The molecule has 0 fully saturated rings. The van der Waals surface area contributed by atoms with Gasteiger partial charge in [-0.05, 0) is 25.3 Å². The molecule has 1 aromatic heterocycles. The summed E-state index contributed by atoms with van der Waals surface area (Å²) in [5, 5.41) is 3.09. The normalized spacial score (nSPS) is 10.9. The van der Waals surface area contributed by atoms with Gasteiger partial charge < -0.3 is 15.5 Å². The molecule has 1 rings (SSSR count). The predicted octanol–water partition coefficient (Wildman–Crippen LogP) is 2.86. The van der Waals surface area contributed by atoms with Gasteiger partial charge in [-0.3, -0.25) is 4.79 Å². The van der Waals surface area contributed by atoms with Crippen molar-refractivity contribution >= 4 is 18.3 Å². The summed E-state index contributed by atoms with van der Waals surface area (Å²) in [4.78, 5) is 12.1. The van der Waals surface area contributed by atoms with Crippen LogP contribution >= 0.6 is 12.4 Å². The zero-order valence-electron chi connectivity index (χ0n) is 11.3. The zero-order valence-corrected chi connectivity index (χ0v) is 12.1. The van der Waals surface area contributed by atoms with Crippen LogP contribution in [-0.2, 0) is 6.54 Å². The summed E-state index contributed by atoms with van der Waals surface area (Å²) in [5.41, 5.74) is 5.88. The number of carbonyl (C=O) groups is 1. The first-order valence-corrected chi connectivity index (χ1v) is 6.20. The quantitative estimate of drug-likeness (QED) is 0.838. The van der Waals surface area contributed by atoms with E-state index in [2.05, 4.69) is 26.1 Å². The Morgan fingerprint density at radius 3 is 2.28 bits per heavy atom. The number of nitrogens with one attached hydrogen (secondary N) is 1. The molecule has 0 unspecified atom stereocenters. The van der Waals surface area contributed by atoms with Crippen LogP contribution in [0.5, 0.6) is 0 Å². The summed E-state index contributed by atoms with van der Waals surface area (Å²) in [6.45, 7) is 6.59. The minimum absolute atomic E-state index is 0. The minimum Gasteiger partial charge on any atom is -0.467 e. The van der Waals surface area contributed by atoms with E-state index < -0.39 is 0 Å². The van der Waals surface area contributed by atoms with E-state index in [0.29, 0.717) is 17.9 Å². The lowest BCUT2D eigenvalue weighted by Crippen LogP contribution is -2.47. The van der Waals surface area contributed by atoms with E-state index in [1.807, 2.05) is 0 Å². The van der Waals surface area contributed by atoms with Crippen LogP contribution in [0, 0.1) is 0 Å². The third kappa shape index (κ3) is 3.75. The third-order valence-corrected chi connectivity index (χ3v) is 3.53. The minimum atomic E-state index is -0.114. The van der Waals surface area contributed by atoms with E-state index in [1.54, 1.807) is 6.07 Å². The first-order chi connectivity index (χ1) is 8.10. The third-order valence-electron chi connectivity index (χ3n) is 3.53. The summed E-state index contributed by atoms with van der Waals surface area (Å²) >= 11 is 0. The van der Waals surface area contributed by atoms with Gasteiger partial charge in [0, 0.05) is 5.54 Å². The topological polar surface area (TPSA) is 68.3 Å².